The van der Waals surface area contributed by atoms with Crippen LogP contribution >= 0.6 is 22.7 Å². The van der Waals surface area contributed by atoms with E-state index in [1.54, 1.807) is 22.7 Å². The lowest BCUT2D eigenvalue weighted by Gasteiger charge is -1.96. The molecule has 0 saturated heterocycles. The van der Waals surface area contributed by atoms with Gasteiger partial charge in [-0.3, -0.25) is 0 Å². The van der Waals surface area contributed by atoms with Crippen molar-refractivity contribution in [1.29, 1.82) is 0 Å². The van der Waals surface area contributed by atoms with Crippen molar-refractivity contribution in [2.75, 3.05) is 0 Å². The molecule has 2 aromatic heterocycles. The summed E-state index contributed by atoms with van der Waals surface area (Å²) in [6.07, 6.45) is 0. The van der Waals surface area contributed by atoms with Crippen molar-refractivity contribution in [1.82, 2.24) is 4.98 Å². The lowest BCUT2D eigenvalue weighted by Crippen LogP contribution is -1.85. The third kappa shape index (κ3) is 1.81. The highest BCUT2D eigenvalue weighted by molar-refractivity contribution is 7.20. The Morgan fingerprint density at radius 3 is 2.69 bits per heavy atom. The number of thiophene rings is 1. The summed E-state index contributed by atoms with van der Waals surface area (Å²) < 4.78 is 0. The van der Waals surface area contributed by atoms with Crippen LogP contribution in [-0.2, 0) is 0 Å². The minimum atomic E-state index is 0.532. The van der Waals surface area contributed by atoms with Crippen molar-refractivity contribution in [3.63, 3.8) is 0 Å². The fourth-order valence-electron chi connectivity index (χ4n) is 1.06. The van der Waals surface area contributed by atoms with Crippen LogP contribution in [0.15, 0.2) is 22.9 Å². The fraction of sp³-hybridized carbons (Fsp3) is 0.300. The van der Waals surface area contributed by atoms with Gasteiger partial charge in [0.2, 0.25) is 0 Å². The monoisotopic (exact) mass is 209 g/mol. The van der Waals surface area contributed by atoms with Gasteiger partial charge in [-0.2, -0.15) is 0 Å². The molecule has 0 bridgehead atoms. The number of rotatable bonds is 2. The molecule has 3 heteroatoms. The Balaban J connectivity index is 2.33. The van der Waals surface area contributed by atoms with E-state index in [0.717, 1.165) is 5.01 Å². The second kappa shape index (κ2) is 3.60. The molecule has 0 aliphatic carbocycles. The first kappa shape index (κ1) is 8.91. The highest BCUT2D eigenvalue weighted by Gasteiger charge is 2.07. The van der Waals surface area contributed by atoms with E-state index >= 15 is 0 Å². The van der Waals surface area contributed by atoms with E-state index in [4.69, 9.17) is 0 Å². The van der Waals surface area contributed by atoms with Crippen molar-refractivity contribution in [2.45, 2.75) is 19.8 Å². The number of hydrogen-bond donors (Lipinski definition) is 0. The second-order valence-corrected chi connectivity index (χ2v) is 5.02. The average molecular weight is 209 g/mol. The van der Waals surface area contributed by atoms with Crippen molar-refractivity contribution in [2.24, 2.45) is 0 Å². The van der Waals surface area contributed by atoms with Crippen LogP contribution in [-0.4, -0.2) is 4.98 Å². The Labute approximate surface area is 86.1 Å². The topological polar surface area (TPSA) is 12.9 Å². The van der Waals surface area contributed by atoms with Crippen LogP contribution < -0.4 is 0 Å². The fourth-order valence-corrected chi connectivity index (χ4v) is 2.86. The molecule has 0 aromatic carbocycles. The van der Waals surface area contributed by atoms with Crippen LogP contribution in [0.4, 0.5) is 0 Å². The summed E-state index contributed by atoms with van der Waals surface area (Å²) in [5, 5.41) is 5.39. The molecule has 0 saturated carbocycles. The molecule has 0 fully saturated rings. The first-order valence-electron chi connectivity index (χ1n) is 4.26. The molecule has 0 N–H and O–H groups in total. The number of aromatic nitrogens is 1. The lowest BCUT2D eigenvalue weighted by atomic mass is 10.2. The molecular formula is C10H11NS2. The summed E-state index contributed by atoms with van der Waals surface area (Å²) in [5.74, 6) is 0.532. The number of nitrogens with zero attached hydrogens (tertiary/aromatic N) is 1. The average Bonchev–Trinajstić information content (AvgIpc) is 2.75. The van der Waals surface area contributed by atoms with Gasteiger partial charge in [-0.1, -0.05) is 19.9 Å². The van der Waals surface area contributed by atoms with Crippen LogP contribution in [0.1, 0.15) is 25.5 Å². The molecule has 2 rings (SSSR count). The van der Waals surface area contributed by atoms with Crippen molar-refractivity contribution in [3.05, 3.63) is 28.6 Å². The predicted octanol–water partition coefficient (Wildman–Crippen LogP) is 4.00. The third-order valence-corrected chi connectivity index (χ3v) is 3.75. The van der Waals surface area contributed by atoms with Crippen molar-refractivity contribution >= 4 is 22.7 Å². The predicted molar refractivity (Wildman–Crippen MR) is 59.5 cm³/mol. The lowest BCUT2D eigenvalue weighted by molar-refractivity contribution is 0.834. The Kier molecular flexibility index (Phi) is 2.47. The molecule has 2 aromatic rings. The minimum absolute atomic E-state index is 0.532. The summed E-state index contributed by atoms with van der Waals surface area (Å²) in [4.78, 5) is 5.86. The molecule has 0 unspecified atom stereocenters. The largest absolute Gasteiger partial charge is 0.240 e. The smallest absolute Gasteiger partial charge is 0.133 e. The Morgan fingerprint density at radius 2 is 2.15 bits per heavy atom. The zero-order chi connectivity index (χ0) is 9.26. The van der Waals surface area contributed by atoms with Crippen LogP contribution in [0.3, 0.4) is 0 Å². The number of thiazole rings is 1. The maximum atomic E-state index is 4.58. The van der Waals surface area contributed by atoms with E-state index in [-0.39, 0.29) is 0 Å². The zero-order valence-electron chi connectivity index (χ0n) is 7.65. The molecule has 13 heavy (non-hydrogen) atoms. The summed E-state index contributed by atoms with van der Waals surface area (Å²) >= 11 is 3.48. The number of hydrogen-bond acceptors (Lipinski definition) is 3. The van der Waals surface area contributed by atoms with E-state index < -0.39 is 0 Å². The molecule has 1 nitrogen and oxygen atoms in total. The van der Waals surface area contributed by atoms with Gasteiger partial charge >= 0.3 is 0 Å². The van der Waals surface area contributed by atoms with E-state index in [9.17, 15) is 0 Å². The first-order valence-corrected chi connectivity index (χ1v) is 6.02. The molecule has 2 heterocycles. The van der Waals surface area contributed by atoms with E-state index in [0.29, 0.717) is 5.92 Å². The van der Waals surface area contributed by atoms with E-state index in [2.05, 4.69) is 41.7 Å². The molecule has 0 aliphatic rings. The third-order valence-electron chi connectivity index (χ3n) is 1.85. The van der Waals surface area contributed by atoms with Gasteiger partial charge in [0.15, 0.2) is 0 Å². The van der Waals surface area contributed by atoms with Crippen LogP contribution in [0.5, 0.6) is 0 Å². The van der Waals surface area contributed by atoms with Gasteiger partial charge in [-0.15, -0.1) is 22.7 Å². The van der Waals surface area contributed by atoms with Gasteiger partial charge in [0.1, 0.15) is 5.01 Å². The van der Waals surface area contributed by atoms with Crippen molar-refractivity contribution < 1.29 is 0 Å². The van der Waals surface area contributed by atoms with E-state index in [1.165, 1.54) is 10.6 Å². The van der Waals surface area contributed by atoms with Gasteiger partial charge in [-0.05, 0) is 17.4 Å². The molecule has 68 valence electrons. The van der Waals surface area contributed by atoms with Crippen LogP contribution in [0.25, 0.3) is 9.88 Å². The summed E-state index contributed by atoms with van der Waals surface area (Å²) in [7, 11) is 0. The highest BCUT2D eigenvalue weighted by atomic mass is 32.1. The molecule has 0 amide bonds. The van der Waals surface area contributed by atoms with E-state index in [1.807, 2.05) is 0 Å². The molecule has 0 spiro atoms. The Bertz CT molecular complexity index is 373. The van der Waals surface area contributed by atoms with Gasteiger partial charge in [0, 0.05) is 5.38 Å². The van der Waals surface area contributed by atoms with Gasteiger partial charge in [0.05, 0.1) is 10.6 Å². The zero-order valence-corrected chi connectivity index (χ0v) is 9.28. The van der Waals surface area contributed by atoms with Crippen LogP contribution in [0, 0.1) is 0 Å². The maximum absolute atomic E-state index is 4.58. The van der Waals surface area contributed by atoms with Gasteiger partial charge in [0.25, 0.3) is 0 Å². The maximum Gasteiger partial charge on any atom is 0.133 e. The normalized spacial score (nSPS) is 11.0. The van der Waals surface area contributed by atoms with Gasteiger partial charge in [-0.25, -0.2) is 4.98 Å². The van der Waals surface area contributed by atoms with Gasteiger partial charge < -0.3 is 0 Å². The highest BCUT2D eigenvalue weighted by Crippen LogP contribution is 2.29. The van der Waals surface area contributed by atoms with Crippen molar-refractivity contribution in [3.8, 4) is 9.88 Å². The standard InChI is InChI=1S/C10H11NS2/c1-7(2)8-6-13-10(11-8)9-4-3-5-12-9/h3-7H,1-2H3. The summed E-state index contributed by atoms with van der Waals surface area (Å²) in [6, 6.07) is 4.18. The van der Waals surface area contributed by atoms with Crippen LogP contribution in [0.2, 0.25) is 0 Å². The molecular weight excluding hydrogens is 198 g/mol. The quantitative estimate of drug-likeness (QED) is 0.728. The summed E-state index contributed by atoms with van der Waals surface area (Å²) in [5.41, 5.74) is 1.20. The Morgan fingerprint density at radius 1 is 1.31 bits per heavy atom. The minimum Gasteiger partial charge on any atom is -0.240 e. The second-order valence-electron chi connectivity index (χ2n) is 3.21. The molecule has 0 atom stereocenters. The molecule has 0 radical (unpaired) electrons. The Hall–Kier alpha value is -0.670. The first-order chi connectivity index (χ1) is 6.27. The SMILES string of the molecule is CC(C)c1csc(-c2cccs2)n1. The molecule has 0 aliphatic heterocycles. The summed E-state index contributed by atoms with van der Waals surface area (Å²) in [6.45, 7) is 4.35.